The van der Waals surface area contributed by atoms with Gasteiger partial charge in [0.1, 0.15) is 11.6 Å². The van der Waals surface area contributed by atoms with E-state index >= 15 is 0 Å². The van der Waals surface area contributed by atoms with E-state index in [0.717, 1.165) is 41.3 Å². The third-order valence-corrected chi connectivity index (χ3v) is 7.97. The zero-order chi connectivity index (χ0) is 26.6. The maximum Gasteiger partial charge on any atom is 0.289 e. The van der Waals surface area contributed by atoms with Gasteiger partial charge in [0.25, 0.3) is 15.7 Å². The smallest absolute Gasteiger partial charge is 0.289 e. The Labute approximate surface area is 223 Å². The molecule has 0 aromatic heterocycles. The van der Waals surface area contributed by atoms with Crippen LogP contribution in [-0.2, 0) is 19.6 Å². The quantitative estimate of drug-likeness (QED) is 0.314. The van der Waals surface area contributed by atoms with E-state index in [2.05, 4.69) is 10.2 Å². The van der Waals surface area contributed by atoms with E-state index in [9.17, 15) is 23.3 Å². The average molecular weight is 565 g/mol. The van der Waals surface area contributed by atoms with E-state index in [1.807, 2.05) is 12.1 Å². The molecule has 1 aliphatic heterocycles. The van der Waals surface area contributed by atoms with Crippen LogP contribution in [0, 0.1) is 10.1 Å². The van der Waals surface area contributed by atoms with Gasteiger partial charge in [0.15, 0.2) is 0 Å². The number of nitro groups is 1. The van der Waals surface area contributed by atoms with Gasteiger partial charge in [-0.2, -0.15) is 0 Å². The number of nitrogens with zero attached hydrogens (tertiary/aromatic N) is 3. The minimum Gasteiger partial charge on any atom is -0.378 e. The summed E-state index contributed by atoms with van der Waals surface area (Å²) in [4.78, 5) is 25.3. The Hall–Kier alpha value is -3.38. The van der Waals surface area contributed by atoms with Gasteiger partial charge in [-0.25, -0.2) is 8.42 Å². The van der Waals surface area contributed by atoms with Crippen LogP contribution >= 0.6 is 23.2 Å². The lowest BCUT2D eigenvalue weighted by molar-refractivity contribution is -0.384. The van der Waals surface area contributed by atoms with Gasteiger partial charge in [0, 0.05) is 35.6 Å². The first-order chi connectivity index (χ1) is 17.6. The van der Waals surface area contributed by atoms with Crippen LogP contribution < -0.4 is 14.5 Å². The molecular weight excluding hydrogens is 543 g/mol. The zero-order valence-corrected chi connectivity index (χ0v) is 21.7. The van der Waals surface area contributed by atoms with Crippen molar-refractivity contribution in [2.24, 2.45) is 0 Å². The van der Waals surface area contributed by atoms with Crippen LogP contribution in [0.5, 0.6) is 0 Å². The lowest BCUT2D eigenvalue weighted by Crippen LogP contribution is -2.38. The summed E-state index contributed by atoms with van der Waals surface area (Å²) in [7, 11) is -4.40. The largest absolute Gasteiger partial charge is 0.378 e. The number of carbonyl (C=O) groups excluding carboxylic acids is 1. The van der Waals surface area contributed by atoms with Crippen molar-refractivity contribution in [1.29, 1.82) is 0 Å². The Bertz CT molecular complexity index is 1400. The fourth-order valence-corrected chi connectivity index (χ4v) is 5.50. The molecule has 1 amide bonds. The molecule has 0 unspecified atom stereocenters. The normalized spacial score (nSPS) is 13.7. The van der Waals surface area contributed by atoms with Crippen LogP contribution in [0.3, 0.4) is 0 Å². The molecule has 1 saturated heterocycles. The predicted octanol–water partition coefficient (Wildman–Crippen LogP) is 4.57. The monoisotopic (exact) mass is 564 g/mol. The van der Waals surface area contributed by atoms with Gasteiger partial charge in [0.2, 0.25) is 5.91 Å². The molecule has 0 saturated carbocycles. The lowest BCUT2D eigenvalue weighted by Gasteiger charge is -2.29. The molecule has 0 spiro atoms. The number of hydrogen-bond acceptors (Lipinski definition) is 7. The van der Waals surface area contributed by atoms with Gasteiger partial charge in [-0.3, -0.25) is 19.2 Å². The Morgan fingerprint density at radius 2 is 1.68 bits per heavy atom. The number of anilines is 3. The highest BCUT2D eigenvalue weighted by Crippen LogP contribution is 2.31. The summed E-state index contributed by atoms with van der Waals surface area (Å²) in [6, 6.07) is 16.2. The summed E-state index contributed by atoms with van der Waals surface area (Å²) in [5.74, 6) is -0.610. The van der Waals surface area contributed by atoms with Gasteiger partial charge in [-0.15, -0.1) is 0 Å². The zero-order valence-electron chi connectivity index (χ0n) is 19.3. The molecule has 1 N–H and O–H groups in total. The standard InChI is InChI=1S/C24H22Cl2N4O6S/c25-17-1-5-20(6-2-17)29(37(34,35)21-9-10-22(26)23(15-21)30(32)33)16-24(31)27-18-3-7-19(8-4-18)28-11-13-36-14-12-28/h1-10,15H,11-14,16H2,(H,27,31). The third-order valence-electron chi connectivity index (χ3n) is 5.63. The molecular formula is C24H22Cl2N4O6S. The Morgan fingerprint density at radius 1 is 1.03 bits per heavy atom. The van der Waals surface area contributed by atoms with Gasteiger partial charge in [-0.1, -0.05) is 23.2 Å². The molecule has 37 heavy (non-hydrogen) atoms. The molecule has 3 aromatic carbocycles. The highest BCUT2D eigenvalue weighted by molar-refractivity contribution is 7.92. The Morgan fingerprint density at radius 3 is 2.30 bits per heavy atom. The second kappa shape index (κ2) is 11.3. The highest BCUT2D eigenvalue weighted by atomic mass is 35.5. The van der Waals surface area contributed by atoms with Gasteiger partial charge >= 0.3 is 0 Å². The number of benzene rings is 3. The Balaban J connectivity index is 1.58. The van der Waals surface area contributed by atoms with Crippen molar-refractivity contribution < 1.29 is 22.9 Å². The molecule has 1 heterocycles. The molecule has 4 rings (SSSR count). The second-order valence-electron chi connectivity index (χ2n) is 8.05. The van der Waals surface area contributed by atoms with E-state index in [1.165, 1.54) is 24.3 Å². The van der Waals surface area contributed by atoms with Crippen molar-refractivity contribution in [2.75, 3.05) is 47.4 Å². The molecule has 0 radical (unpaired) electrons. The maximum absolute atomic E-state index is 13.5. The van der Waals surface area contributed by atoms with Crippen molar-refractivity contribution in [3.63, 3.8) is 0 Å². The topological polar surface area (TPSA) is 122 Å². The van der Waals surface area contributed by atoms with E-state index in [-0.39, 0.29) is 15.6 Å². The summed E-state index contributed by atoms with van der Waals surface area (Å²) >= 11 is 11.8. The van der Waals surface area contributed by atoms with Crippen molar-refractivity contribution >= 4 is 61.9 Å². The number of nitrogens with one attached hydrogen (secondary N) is 1. The number of amides is 1. The first kappa shape index (κ1) is 26.7. The molecule has 1 fully saturated rings. The molecule has 3 aromatic rings. The van der Waals surface area contributed by atoms with E-state index < -0.39 is 33.1 Å². The number of carbonyl (C=O) groups is 1. The van der Waals surface area contributed by atoms with E-state index in [0.29, 0.717) is 23.9 Å². The molecule has 0 atom stereocenters. The first-order valence-corrected chi connectivity index (χ1v) is 13.3. The number of halogens is 2. The lowest BCUT2D eigenvalue weighted by atomic mass is 10.2. The van der Waals surface area contributed by atoms with Crippen molar-refractivity contribution in [1.82, 2.24) is 0 Å². The third kappa shape index (κ3) is 6.31. The SMILES string of the molecule is O=C(CN(c1ccc(Cl)cc1)S(=O)(=O)c1ccc(Cl)c([N+](=O)[O-])c1)Nc1ccc(N2CCOCC2)cc1. The minimum absolute atomic E-state index is 0.153. The van der Waals surface area contributed by atoms with Crippen LogP contribution in [0.15, 0.2) is 71.6 Å². The predicted molar refractivity (Wildman–Crippen MR) is 142 cm³/mol. The number of ether oxygens (including phenoxy) is 1. The van der Waals surface area contributed by atoms with Crippen LogP contribution in [0.2, 0.25) is 10.0 Å². The van der Waals surface area contributed by atoms with Gasteiger partial charge in [0.05, 0.1) is 28.7 Å². The number of sulfonamides is 1. The number of hydrogen-bond donors (Lipinski definition) is 1. The number of morpholine rings is 1. The summed E-state index contributed by atoms with van der Waals surface area (Å²) in [6.07, 6.45) is 0. The van der Waals surface area contributed by atoms with Crippen molar-refractivity contribution in [2.45, 2.75) is 4.90 Å². The molecule has 1 aliphatic rings. The maximum atomic E-state index is 13.5. The molecule has 0 aliphatic carbocycles. The molecule has 194 valence electrons. The minimum atomic E-state index is -4.40. The molecule has 0 bridgehead atoms. The van der Waals surface area contributed by atoms with Crippen LogP contribution in [0.25, 0.3) is 0 Å². The molecule has 10 nitrogen and oxygen atoms in total. The number of nitro benzene ring substituents is 1. The van der Waals surface area contributed by atoms with E-state index in [4.69, 9.17) is 27.9 Å². The van der Waals surface area contributed by atoms with Crippen LogP contribution in [0.4, 0.5) is 22.7 Å². The van der Waals surface area contributed by atoms with Crippen molar-refractivity contribution in [3.05, 3.63) is 86.9 Å². The molecule has 13 heteroatoms. The summed E-state index contributed by atoms with van der Waals surface area (Å²) in [6.45, 7) is 2.23. The highest BCUT2D eigenvalue weighted by Gasteiger charge is 2.29. The Kier molecular flexibility index (Phi) is 8.18. The second-order valence-corrected chi connectivity index (χ2v) is 10.8. The summed E-state index contributed by atoms with van der Waals surface area (Å²) < 4.78 is 33.3. The van der Waals surface area contributed by atoms with E-state index in [1.54, 1.807) is 12.1 Å². The summed E-state index contributed by atoms with van der Waals surface area (Å²) in [5, 5.41) is 14.2. The number of rotatable bonds is 8. The average Bonchev–Trinajstić information content (AvgIpc) is 2.89. The van der Waals surface area contributed by atoms with Gasteiger partial charge < -0.3 is 15.0 Å². The fourth-order valence-electron chi connectivity index (χ4n) is 3.75. The van der Waals surface area contributed by atoms with Crippen LogP contribution in [-0.4, -0.2) is 52.1 Å². The fraction of sp³-hybridized carbons (Fsp3) is 0.208. The first-order valence-electron chi connectivity index (χ1n) is 11.1. The van der Waals surface area contributed by atoms with Gasteiger partial charge in [-0.05, 0) is 60.7 Å². The summed E-state index contributed by atoms with van der Waals surface area (Å²) in [5.41, 5.74) is 1.05. The van der Waals surface area contributed by atoms with Crippen molar-refractivity contribution in [3.8, 4) is 0 Å². The van der Waals surface area contributed by atoms with Crippen LogP contribution in [0.1, 0.15) is 0 Å².